The Hall–Kier alpha value is -0.570. The Morgan fingerprint density at radius 2 is 2.00 bits per heavy atom. The second-order valence-corrected chi connectivity index (χ2v) is 3.29. The smallest absolute Gasteiger partial charge is 0.219 e. The van der Waals surface area contributed by atoms with E-state index < -0.39 is 0 Å². The van der Waals surface area contributed by atoms with Gasteiger partial charge in [0.1, 0.15) is 0 Å². The summed E-state index contributed by atoms with van der Waals surface area (Å²) >= 11 is 0. The van der Waals surface area contributed by atoms with Gasteiger partial charge in [0.2, 0.25) is 5.91 Å². The average Bonchev–Trinajstić information content (AvgIpc) is 2.28. The molecule has 0 saturated carbocycles. The van der Waals surface area contributed by atoms with E-state index in [0.717, 1.165) is 39.1 Å². The summed E-state index contributed by atoms with van der Waals surface area (Å²) in [6, 6.07) is 0. The van der Waals surface area contributed by atoms with E-state index in [0.29, 0.717) is 0 Å². The Kier molecular flexibility index (Phi) is 3.53. The van der Waals surface area contributed by atoms with Crippen LogP contribution in [0.15, 0.2) is 0 Å². The van der Waals surface area contributed by atoms with Gasteiger partial charge in [0, 0.05) is 26.6 Å². The molecule has 1 aliphatic heterocycles. The van der Waals surface area contributed by atoms with Gasteiger partial charge in [0.05, 0.1) is 0 Å². The monoisotopic (exact) mass is 170 g/mol. The molecule has 3 nitrogen and oxygen atoms in total. The number of hydrogen-bond donors (Lipinski definition) is 0. The van der Waals surface area contributed by atoms with E-state index in [-0.39, 0.29) is 5.91 Å². The number of amides is 1. The van der Waals surface area contributed by atoms with Crippen LogP contribution in [0.25, 0.3) is 0 Å². The molecule has 0 unspecified atom stereocenters. The quantitative estimate of drug-likeness (QED) is 0.574. The van der Waals surface area contributed by atoms with Crippen molar-refractivity contribution in [1.29, 1.82) is 0 Å². The van der Waals surface area contributed by atoms with E-state index in [1.54, 1.807) is 6.92 Å². The standard InChI is InChI=1S/C9H18N2O/c1-3-10-5-4-6-11(8-7-10)9(2)12/h3-8H2,1-2H3. The van der Waals surface area contributed by atoms with Crippen molar-refractivity contribution in [2.24, 2.45) is 0 Å². The van der Waals surface area contributed by atoms with Crippen LogP contribution in [0.4, 0.5) is 0 Å². The molecular formula is C9H18N2O. The topological polar surface area (TPSA) is 23.6 Å². The van der Waals surface area contributed by atoms with Gasteiger partial charge >= 0.3 is 0 Å². The lowest BCUT2D eigenvalue weighted by Crippen LogP contribution is -2.33. The molecule has 0 atom stereocenters. The highest BCUT2D eigenvalue weighted by molar-refractivity contribution is 5.73. The first-order valence-corrected chi connectivity index (χ1v) is 4.72. The molecule has 1 aliphatic rings. The molecule has 0 spiro atoms. The molecular weight excluding hydrogens is 152 g/mol. The molecule has 0 aromatic carbocycles. The van der Waals surface area contributed by atoms with Crippen LogP contribution >= 0.6 is 0 Å². The predicted octanol–water partition coefficient (Wildman–Crippen LogP) is 0.560. The predicted molar refractivity (Wildman–Crippen MR) is 49.0 cm³/mol. The van der Waals surface area contributed by atoms with Crippen LogP contribution in [-0.2, 0) is 4.79 Å². The summed E-state index contributed by atoms with van der Waals surface area (Å²) in [5.74, 6) is 0.216. The second kappa shape index (κ2) is 4.45. The second-order valence-electron chi connectivity index (χ2n) is 3.29. The Morgan fingerprint density at radius 3 is 2.58 bits per heavy atom. The van der Waals surface area contributed by atoms with Crippen LogP contribution in [0.2, 0.25) is 0 Å². The summed E-state index contributed by atoms with van der Waals surface area (Å²) in [7, 11) is 0. The number of carbonyl (C=O) groups excluding carboxylic acids is 1. The molecule has 3 heteroatoms. The van der Waals surface area contributed by atoms with Crippen LogP contribution in [-0.4, -0.2) is 48.4 Å². The Morgan fingerprint density at radius 1 is 1.25 bits per heavy atom. The van der Waals surface area contributed by atoms with E-state index >= 15 is 0 Å². The van der Waals surface area contributed by atoms with Gasteiger partial charge < -0.3 is 9.80 Å². The third-order valence-corrected chi connectivity index (χ3v) is 2.48. The van der Waals surface area contributed by atoms with Gasteiger partial charge in [-0.1, -0.05) is 6.92 Å². The van der Waals surface area contributed by atoms with Gasteiger partial charge in [-0.3, -0.25) is 4.79 Å². The molecule has 0 N–H and O–H groups in total. The van der Waals surface area contributed by atoms with Crippen LogP contribution in [0.5, 0.6) is 0 Å². The largest absolute Gasteiger partial charge is 0.342 e. The van der Waals surface area contributed by atoms with Crippen molar-refractivity contribution >= 4 is 5.91 Å². The van der Waals surface area contributed by atoms with E-state index in [2.05, 4.69) is 11.8 Å². The van der Waals surface area contributed by atoms with Crippen molar-refractivity contribution in [3.63, 3.8) is 0 Å². The first-order valence-electron chi connectivity index (χ1n) is 4.72. The zero-order valence-electron chi connectivity index (χ0n) is 8.05. The molecule has 70 valence electrons. The third kappa shape index (κ3) is 2.48. The lowest BCUT2D eigenvalue weighted by molar-refractivity contribution is -0.128. The molecule has 0 bridgehead atoms. The van der Waals surface area contributed by atoms with Crippen molar-refractivity contribution < 1.29 is 4.79 Å². The summed E-state index contributed by atoms with van der Waals surface area (Å²) in [5, 5.41) is 0. The van der Waals surface area contributed by atoms with Crippen LogP contribution in [0.3, 0.4) is 0 Å². The van der Waals surface area contributed by atoms with E-state index in [4.69, 9.17) is 0 Å². The zero-order chi connectivity index (χ0) is 8.97. The van der Waals surface area contributed by atoms with E-state index in [1.807, 2.05) is 4.90 Å². The Balaban J connectivity index is 2.39. The van der Waals surface area contributed by atoms with Gasteiger partial charge in [-0.15, -0.1) is 0 Å². The van der Waals surface area contributed by atoms with Crippen molar-refractivity contribution in [3.05, 3.63) is 0 Å². The maximum atomic E-state index is 11.1. The van der Waals surface area contributed by atoms with Crippen molar-refractivity contribution in [2.75, 3.05) is 32.7 Å². The Labute approximate surface area is 74.3 Å². The summed E-state index contributed by atoms with van der Waals surface area (Å²) in [5.41, 5.74) is 0. The molecule has 1 saturated heterocycles. The normalized spacial score (nSPS) is 20.7. The number of carbonyl (C=O) groups is 1. The fraction of sp³-hybridized carbons (Fsp3) is 0.889. The van der Waals surface area contributed by atoms with Gasteiger partial charge in [-0.25, -0.2) is 0 Å². The number of hydrogen-bond acceptors (Lipinski definition) is 2. The molecule has 12 heavy (non-hydrogen) atoms. The lowest BCUT2D eigenvalue weighted by atomic mass is 10.4. The number of likely N-dealkylation sites (N-methyl/N-ethyl adjacent to an activating group) is 1. The van der Waals surface area contributed by atoms with Crippen molar-refractivity contribution in [2.45, 2.75) is 20.3 Å². The third-order valence-electron chi connectivity index (χ3n) is 2.48. The maximum absolute atomic E-state index is 11.1. The fourth-order valence-corrected chi connectivity index (χ4v) is 1.60. The summed E-state index contributed by atoms with van der Waals surface area (Å²) in [6.07, 6.45) is 1.12. The van der Waals surface area contributed by atoms with E-state index in [9.17, 15) is 4.79 Å². The van der Waals surface area contributed by atoms with Crippen molar-refractivity contribution in [3.8, 4) is 0 Å². The van der Waals surface area contributed by atoms with E-state index in [1.165, 1.54) is 0 Å². The fourth-order valence-electron chi connectivity index (χ4n) is 1.60. The molecule has 0 aromatic heterocycles. The minimum absolute atomic E-state index is 0.216. The highest BCUT2D eigenvalue weighted by Crippen LogP contribution is 2.02. The van der Waals surface area contributed by atoms with Crippen LogP contribution in [0.1, 0.15) is 20.3 Å². The zero-order valence-corrected chi connectivity index (χ0v) is 8.05. The number of nitrogens with zero attached hydrogens (tertiary/aromatic N) is 2. The summed E-state index contributed by atoms with van der Waals surface area (Å²) in [4.78, 5) is 15.4. The molecule has 1 fully saturated rings. The lowest BCUT2D eigenvalue weighted by Gasteiger charge is -2.19. The minimum atomic E-state index is 0.216. The molecule has 0 aliphatic carbocycles. The highest BCUT2D eigenvalue weighted by Gasteiger charge is 2.14. The molecule has 1 amide bonds. The molecule has 1 rings (SSSR count). The summed E-state index contributed by atoms with van der Waals surface area (Å²) < 4.78 is 0. The van der Waals surface area contributed by atoms with Crippen LogP contribution in [0, 0.1) is 0 Å². The van der Waals surface area contributed by atoms with Crippen molar-refractivity contribution in [1.82, 2.24) is 9.80 Å². The van der Waals surface area contributed by atoms with Gasteiger partial charge in [0.25, 0.3) is 0 Å². The average molecular weight is 170 g/mol. The van der Waals surface area contributed by atoms with Gasteiger partial charge in [-0.2, -0.15) is 0 Å². The molecule has 1 heterocycles. The van der Waals surface area contributed by atoms with Gasteiger partial charge in [-0.05, 0) is 19.5 Å². The molecule has 0 aromatic rings. The van der Waals surface area contributed by atoms with Gasteiger partial charge in [0.15, 0.2) is 0 Å². The first-order chi connectivity index (χ1) is 5.74. The Bertz CT molecular complexity index is 159. The SMILES string of the molecule is CCN1CCCN(C(C)=O)CC1. The van der Waals surface area contributed by atoms with Crippen LogP contribution < -0.4 is 0 Å². The first kappa shape index (κ1) is 9.52. The minimum Gasteiger partial charge on any atom is -0.342 e. The molecule has 0 radical (unpaired) electrons. The maximum Gasteiger partial charge on any atom is 0.219 e. The highest BCUT2D eigenvalue weighted by atomic mass is 16.2. The summed E-state index contributed by atoms with van der Waals surface area (Å²) in [6.45, 7) is 8.95. The number of rotatable bonds is 1.